The van der Waals surface area contributed by atoms with Gasteiger partial charge in [-0.15, -0.1) is 0 Å². The summed E-state index contributed by atoms with van der Waals surface area (Å²) in [6, 6.07) is 5.99. The molecule has 1 aliphatic carbocycles. The highest BCUT2D eigenvalue weighted by Crippen LogP contribution is 2.28. The number of anilines is 1. The summed E-state index contributed by atoms with van der Waals surface area (Å²) in [6.45, 7) is 0.556. The molecule has 0 radical (unpaired) electrons. The van der Waals surface area contributed by atoms with Gasteiger partial charge < -0.3 is 10.2 Å². The highest BCUT2D eigenvalue weighted by molar-refractivity contribution is 6.00. The van der Waals surface area contributed by atoms with E-state index in [1.807, 2.05) is 18.2 Å². The molecule has 4 nitrogen and oxygen atoms in total. The maximum Gasteiger partial charge on any atom is 0.231 e. The molecule has 1 fully saturated rings. The van der Waals surface area contributed by atoms with Gasteiger partial charge in [0, 0.05) is 25.2 Å². The molecule has 0 atom stereocenters. The highest BCUT2D eigenvalue weighted by Gasteiger charge is 2.24. The number of nitrogens with one attached hydrogen (secondary N) is 1. The van der Waals surface area contributed by atoms with Crippen molar-refractivity contribution >= 4 is 17.5 Å². The normalized spacial score (nSPS) is 18.4. The number of fused-ring (bicyclic) bond motifs is 1. The number of hydrogen-bond donors (Lipinski definition) is 1. The molecule has 0 bridgehead atoms. The van der Waals surface area contributed by atoms with E-state index in [2.05, 4.69) is 5.32 Å². The minimum atomic E-state index is 0.132. The summed E-state index contributed by atoms with van der Waals surface area (Å²) < 4.78 is 0. The molecule has 0 saturated heterocycles. The molecule has 106 valence electrons. The lowest BCUT2D eigenvalue weighted by atomic mass is 10.1. The maximum absolute atomic E-state index is 12.0. The average molecular weight is 272 g/mol. The van der Waals surface area contributed by atoms with E-state index in [0.29, 0.717) is 13.0 Å². The standard InChI is InChI=1S/C16H20N2O2/c1-18-14-7-6-11(8-13(14)9-15(18)19)10-17-16(20)12-4-2-3-5-12/h6-8,12H,2-5,9-10H2,1H3,(H,17,20). The van der Waals surface area contributed by atoms with Gasteiger partial charge >= 0.3 is 0 Å². The van der Waals surface area contributed by atoms with Crippen LogP contribution in [0.5, 0.6) is 0 Å². The van der Waals surface area contributed by atoms with Crippen molar-refractivity contribution < 1.29 is 9.59 Å². The molecule has 3 rings (SSSR count). The molecular formula is C16H20N2O2. The van der Waals surface area contributed by atoms with E-state index in [1.165, 1.54) is 12.8 Å². The molecule has 0 aromatic heterocycles. The van der Waals surface area contributed by atoms with Crippen LogP contribution in [-0.4, -0.2) is 18.9 Å². The van der Waals surface area contributed by atoms with Gasteiger partial charge in [-0.25, -0.2) is 0 Å². The van der Waals surface area contributed by atoms with Gasteiger partial charge in [-0.05, 0) is 30.0 Å². The van der Waals surface area contributed by atoms with Crippen molar-refractivity contribution in [1.82, 2.24) is 5.32 Å². The molecule has 1 aromatic rings. The predicted octanol–water partition coefficient (Wildman–Crippen LogP) is 2.01. The third kappa shape index (κ3) is 2.42. The van der Waals surface area contributed by atoms with Crippen LogP contribution in [0.25, 0.3) is 0 Å². The molecule has 1 N–H and O–H groups in total. The topological polar surface area (TPSA) is 49.4 Å². The SMILES string of the molecule is CN1C(=O)Cc2cc(CNC(=O)C3CCCC3)ccc21. The number of likely N-dealkylation sites (N-methyl/N-ethyl adjacent to an activating group) is 1. The Labute approximate surface area is 119 Å². The molecular weight excluding hydrogens is 252 g/mol. The van der Waals surface area contributed by atoms with Crippen LogP contribution in [0.3, 0.4) is 0 Å². The van der Waals surface area contributed by atoms with Crippen LogP contribution >= 0.6 is 0 Å². The molecule has 0 unspecified atom stereocenters. The molecule has 1 aliphatic heterocycles. The first kappa shape index (κ1) is 13.2. The number of nitrogens with zero attached hydrogens (tertiary/aromatic N) is 1. The van der Waals surface area contributed by atoms with Gasteiger partial charge in [0.15, 0.2) is 0 Å². The first-order valence-corrected chi connectivity index (χ1v) is 7.31. The Bertz CT molecular complexity index is 547. The lowest BCUT2D eigenvalue weighted by Gasteiger charge is -2.12. The van der Waals surface area contributed by atoms with Crippen LogP contribution in [0.4, 0.5) is 5.69 Å². The maximum atomic E-state index is 12.0. The lowest BCUT2D eigenvalue weighted by Crippen LogP contribution is -2.28. The quantitative estimate of drug-likeness (QED) is 0.915. The van der Waals surface area contributed by atoms with Crippen molar-refractivity contribution in [3.63, 3.8) is 0 Å². The molecule has 2 aliphatic rings. The number of hydrogen-bond acceptors (Lipinski definition) is 2. The van der Waals surface area contributed by atoms with E-state index in [4.69, 9.17) is 0 Å². The van der Waals surface area contributed by atoms with Crippen molar-refractivity contribution in [3.05, 3.63) is 29.3 Å². The molecule has 4 heteroatoms. The Hall–Kier alpha value is -1.84. The Balaban J connectivity index is 1.63. The van der Waals surface area contributed by atoms with Crippen LogP contribution in [0.15, 0.2) is 18.2 Å². The number of carbonyl (C=O) groups excluding carboxylic acids is 2. The predicted molar refractivity (Wildman–Crippen MR) is 77.4 cm³/mol. The van der Waals surface area contributed by atoms with Crippen LogP contribution in [0.2, 0.25) is 0 Å². The Morgan fingerprint density at radius 2 is 2.10 bits per heavy atom. The van der Waals surface area contributed by atoms with Gasteiger partial charge in [0.2, 0.25) is 11.8 Å². The van der Waals surface area contributed by atoms with Crippen LogP contribution < -0.4 is 10.2 Å². The number of rotatable bonds is 3. The van der Waals surface area contributed by atoms with Crippen molar-refractivity contribution in [2.24, 2.45) is 5.92 Å². The zero-order valence-electron chi connectivity index (χ0n) is 11.8. The summed E-state index contributed by atoms with van der Waals surface area (Å²) in [6.07, 6.45) is 4.86. The van der Waals surface area contributed by atoms with Crippen LogP contribution in [0.1, 0.15) is 36.8 Å². The Kier molecular flexibility index (Phi) is 3.47. The third-order valence-electron chi connectivity index (χ3n) is 4.41. The first-order valence-electron chi connectivity index (χ1n) is 7.31. The molecule has 1 heterocycles. The fourth-order valence-electron chi connectivity index (χ4n) is 3.15. The minimum Gasteiger partial charge on any atom is -0.352 e. The van der Waals surface area contributed by atoms with E-state index in [1.54, 1.807) is 11.9 Å². The van der Waals surface area contributed by atoms with Gasteiger partial charge in [0.05, 0.1) is 6.42 Å². The number of carbonyl (C=O) groups is 2. The van der Waals surface area contributed by atoms with E-state index >= 15 is 0 Å². The van der Waals surface area contributed by atoms with E-state index in [9.17, 15) is 9.59 Å². The highest BCUT2D eigenvalue weighted by atomic mass is 16.2. The second-order valence-corrected chi connectivity index (χ2v) is 5.79. The summed E-state index contributed by atoms with van der Waals surface area (Å²) in [5, 5.41) is 3.02. The zero-order valence-corrected chi connectivity index (χ0v) is 11.8. The molecule has 1 aromatic carbocycles. The van der Waals surface area contributed by atoms with Gasteiger partial charge in [0.1, 0.15) is 0 Å². The first-order chi connectivity index (χ1) is 9.65. The van der Waals surface area contributed by atoms with E-state index < -0.39 is 0 Å². The minimum absolute atomic E-state index is 0.132. The van der Waals surface area contributed by atoms with Gasteiger partial charge in [-0.2, -0.15) is 0 Å². The van der Waals surface area contributed by atoms with E-state index in [-0.39, 0.29) is 17.7 Å². The largest absolute Gasteiger partial charge is 0.352 e. The molecule has 20 heavy (non-hydrogen) atoms. The Morgan fingerprint density at radius 3 is 2.85 bits per heavy atom. The second-order valence-electron chi connectivity index (χ2n) is 5.79. The van der Waals surface area contributed by atoms with Crippen LogP contribution in [-0.2, 0) is 22.6 Å². The van der Waals surface area contributed by atoms with Gasteiger partial charge in [0.25, 0.3) is 0 Å². The number of benzene rings is 1. The van der Waals surface area contributed by atoms with Crippen molar-refractivity contribution in [2.75, 3.05) is 11.9 Å². The fraction of sp³-hybridized carbons (Fsp3) is 0.500. The van der Waals surface area contributed by atoms with E-state index in [0.717, 1.165) is 29.7 Å². The third-order valence-corrected chi connectivity index (χ3v) is 4.41. The molecule has 1 saturated carbocycles. The summed E-state index contributed by atoms with van der Waals surface area (Å²) in [4.78, 5) is 25.3. The Morgan fingerprint density at radius 1 is 1.35 bits per heavy atom. The summed E-state index contributed by atoms with van der Waals surface area (Å²) in [5.41, 5.74) is 3.11. The van der Waals surface area contributed by atoms with Crippen LogP contribution in [0, 0.1) is 5.92 Å². The molecule has 2 amide bonds. The second kappa shape index (κ2) is 5.27. The van der Waals surface area contributed by atoms with Crippen molar-refractivity contribution in [1.29, 1.82) is 0 Å². The fourth-order valence-corrected chi connectivity index (χ4v) is 3.15. The summed E-state index contributed by atoms with van der Waals surface area (Å²) >= 11 is 0. The average Bonchev–Trinajstić information content (AvgIpc) is 3.06. The lowest BCUT2D eigenvalue weighted by molar-refractivity contribution is -0.125. The van der Waals surface area contributed by atoms with Crippen molar-refractivity contribution in [2.45, 2.75) is 38.6 Å². The van der Waals surface area contributed by atoms with Gasteiger partial charge in [-0.1, -0.05) is 25.0 Å². The van der Waals surface area contributed by atoms with Gasteiger partial charge in [-0.3, -0.25) is 9.59 Å². The zero-order chi connectivity index (χ0) is 14.1. The number of amides is 2. The summed E-state index contributed by atoms with van der Waals surface area (Å²) in [5.74, 6) is 0.514. The smallest absolute Gasteiger partial charge is 0.231 e. The van der Waals surface area contributed by atoms with Crippen molar-refractivity contribution in [3.8, 4) is 0 Å². The summed E-state index contributed by atoms with van der Waals surface area (Å²) in [7, 11) is 1.80. The monoisotopic (exact) mass is 272 g/mol. The molecule has 0 spiro atoms.